The van der Waals surface area contributed by atoms with Gasteiger partial charge in [-0.25, -0.2) is 0 Å². The fraction of sp³-hybridized carbons (Fsp3) is 0.588. The zero-order valence-corrected chi connectivity index (χ0v) is 13.4. The lowest BCUT2D eigenvalue weighted by Gasteiger charge is -2.23. The molecule has 22 heavy (non-hydrogen) atoms. The van der Waals surface area contributed by atoms with Gasteiger partial charge in [-0.15, -0.1) is 0 Å². The molecule has 2 rings (SSSR count). The van der Waals surface area contributed by atoms with Gasteiger partial charge < -0.3 is 20.1 Å². The van der Waals surface area contributed by atoms with E-state index in [1.54, 1.807) is 0 Å². The zero-order chi connectivity index (χ0) is 15.8. The normalized spacial score (nSPS) is 18.2. The Morgan fingerprint density at radius 3 is 2.82 bits per heavy atom. The third-order valence-electron chi connectivity index (χ3n) is 3.52. The summed E-state index contributed by atoms with van der Waals surface area (Å²) in [4.78, 5) is 12.0. The van der Waals surface area contributed by atoms with Crippen molar-refractivity contribution in [1.29, 1.82) is 0 Å². The van der Waals surface area contributed by atoms with Crippen molar-refractivity contribution in [2.45, 2.75) is 32.8 Å². The summed E-state index contributed by atoms with van der Waals surface area (Å²) in [6.07, 6.45) is 1.38. The minimum atomic E-state index is -0.0348. The van der Waals surface area contributed by atoms with Crippen molar-refractivity contribution in [3.05, 3.63) is 24.3 Å². The largest absolute Gasteiger partial charge is 0.494 e. The molecule has 122 valence electrons. The molecule has 0 spiro atoms. The van der Waals surface area contributed by atoms with Crippen LogP contribution in [0.1, 0.15) is 26.7 Å². The van der Waals surface area contributed by atoms with Crippen molar-refractivity contribution in [2.24, 2.45) is 5.92 Å². The molecule has 0 bridgehead atoms. The van der Waals surface area contributed by atoms with Gasteiger partial charge in [0.25, 0.3) is 0 Å². The topological polar surface area (TPSA) is 59.6 Å². The number of carbonyl (C=O) groups excluding carboxylic acids is 1. The number of carbonyl (C=O) groups is 1. The van der Waals surface area contributed by atoms with Gasteiger partial charge in [0, 0.05) is 18.8 Å². The highest BCUT2D eigenvalue weighted by Crippen LogP contribution is 2.17. The molecular formula is C17H26N2O3. The first-order valence-electron chi connectivity index (χ1n) is 7.98. The van der Waals surface area contributed by atoms with Crippen LogP contribution in [-0.4, -0.2) is 38.3 Å². The zero-order valence-electron chi connectivity index (χ0n) is 13.4. The van der Waals surface area contributed by atoms with Gasteiger partial charge >= 0.3 is 0 Å². The molecule has 1 amide bonds. The lowest BCUT2D eigenvalue weighted by Crippen LogP contribution is -2.40. The fourth-order valence-electron chi connectivity index (χ4n) is 2.22. The monoisotopic (exact) mass is 306 g/mol. The third-order valence-corrected chi connectivity index (χ3v) is 3.52. The molecular weight excluding hydrogens is 280 g/mol. The Balaban J connectivity index is 1.74. The van der Waals surface area contributed by atoms with Gasteiger partial charge in [0.1, 0.15) is 5.75 Å². The van der Waals surface area contributed by atoms with E-state index >= 15 is 0 Å². The van der Waals surface area contributed by atoms with Crippen LogP contribution in [0.4, 0.5) is 5.69 Å². The minimum Gasteiger partial charge on any atom is -0.494 e. The molecule has 0 radical (unpaired) electrons. The Kier molecular flexibility index (Phi) is 6.68. The van der Waals surface area contributed by atoms with Crippen LogP contribution in [0.3, 0.4) is 0 Å². The van der Waals surface area contributed by atoms with Crippen LogP contribution in [-0.2, 0) is 9.53 Å². The van der Waals surface area contributed by atoms with E-state index in [-0.39, 0.29) is 12.0 Å². The average Bonchev–Trinajstić information content (AvgIpc) is 2.49. The Hall–Kier alpha value is -1.59. The number of amides is 1. The molecule has 0 aliphatic carbocycles. The summed E-state index contributed by atoms with van der Waals surface area (Å²) in [5, 5.41) is 6.11. The number of anilines is 1. The molecule has 2 N–H and O–H groups in total. The van der Waals surface area contributed by atoms with E-state index < -0.39 is 0 Å². The maximum absolute atomic E-state index is 12.0. The summed E-state index contributed by atoms with van der Waals surface area (Å²) in [7, 11) is 0. The maximum Gasteiger partial charge on any atom is 0.227 e. The lowest BCUT2D eigenvalue weighted by molar-refractivity contribution is -0.119. The number of hydrogen-bond acceptors (Lipinski definition) is 4. The highest BCUT2D eigenvalue weighted by atomic mass is 16.5. The molecule has 1 aliphatic rings. The molecule has 1 atom stereocenters. The second-order valence-corrected chi connectivity index (χ2v) is 6.00. The summed E-state index contributed by atoms with van der Waals surface area (Å²) in [6, 6.07) is 7.49. The van der Waals surface area contributed by atoms with Crippen molar-refractivity contribution >= 4 is 11.6 Å². The van der Waals surface area contributed by atoms with Crippen molar-refractivity contribution in [3.8, 4) is 5.75 Å². The van der Waals surface area contributed by atoms with E-state index in [0.717, 1.165) is 37.6 Å². The first-order valence-corrected chi connectivity index (χ1v) is 7.98. The molecule has 1 aromatic carbocycles. The molecule has 1 saturated heterocycles. The molecule has 5 heteroatoms. The van der Waals surface area contributed by atoms with Crippen molar-refractivity contribution < 1.29 is 14.3 Å². The van der Waals surface area contributed by atoms with Crippen molar-refractivity contribution in [3.63, 3.8) is 0 Å². The first kappa shape index (κ1) is 16.8. The van der Waals surface area contributed by atoms with Crippen LogP contribution in [0.15, 0.2) is 24.3 Å². The maximum atomic E-state index is 12.0. The van der Waals surface area contributed by atoms with E-state index in [0.29, 0.717) is 18.9 Å². The molecule has 1 heterocycles. The molecule has 0 aromatic heterocycles. The Morgan fingerprint density at radius 1 is 1.41 bits per heavy atom. The molecule has 5 nitrogen and oxygen atoms in total. The average molecular weight is 306 g/mol. The number of benzene rings is 1. The second-order valence-electron chi connectivity index (χ2n) is 6.00. The van der Waals surface area contributed by atoms with Gasteiger partial charge in [0.2, 0.25) is 5.91 Å². The van der Waals surface area contributed by atoms with Crippen LogP contribution in [0.5, 0.6) is 5.75 Å². The number of rotatable bonds is 7. The molecule has 0 unspecified atom stereocenters. The standard InChI is InChI=1S/C17H26N2O3/c1-13(2)7-9-21-15-5-3-14(4-6-15)19-17(20)11-16-12-18-8-10-22-16/h3-6,13,16,18H,7-12H2,1-2H3,(H,19,20)/t16-/m0/s1. The van der Waals surface area contributed by atoms with E-state index in [9.17, 15) is 4.79 Å². The van der Waals surface area contributed by atoms with E-state index in [1.165, 1.54) is 0 Å². The first-order chi connectivity index (χ1) is 10.6. The van der Waals surface area contributed by atoms with Gasteiger partial charge in [0.15, 0.2) is 0 Å². The Labute approximate surface area is 132 Å². The molecule has 1 aliphatic heterocycles. The number of nitrogens with one attached hydrogen (secondary N) is 2. The van der Waals surface area contributed by atoms with Crippen molar-refractivity contribution in [2.75, 3.05) is 31.6 Å². The van der Waals surface area contributed by atoms with Crippen LogP contribution in [0.25, 0.3) is 0 Å². The quantitative estimate of drug-likeness (QED) is 0.812. The molecule has 1 fully saturated rings. The highest BCUT2D eigenvalue weighted by Gasteiger charge is 2.17. The predicted octanol–water partition coefficient (Wildman–Crippen LogP) is 2.43. The summed E-state index contributed by atoms with van der Waals surface area (Å²) in [6.45, 7) is 7.32. The summed E-state index contributed by atoms with van der Waals surface area (Å²) < 4.78 is 11.2. The lowest BCUT2D eigenvalue weighted by atomic mass is 10.1. The number of morpholine rings is 1. The molecule has 1 aromatic rings. The van der Waals surface area contributed by atoms with Crippen LogP contribution in [0, 0.1) is 5.92 Å². The SMILES string of the molecule is CC(C)CCOc1ccc(NC(=O)C[C@H]2CNCCO2)cc1. The fourth-order valence-corrected chi connectivity index (χ4v) is 2.22. The number of hydrogen-bond donors (Lipinski definition) is 2. The van der Waals surface area contributed by atoms with Gasteiger partial charge in [0.05, 0.1) is 25.7 Å². The summed E-state index contributed by atoms with van der Waals surface area (Å²) in [5.74, 6) is 1.44. The van der Waals surface area contributed by atoms with Gasteiger partial charge in [-0.3, -0.25) is 4.79 Å². The smallest absolute Gasteiger partial charge is 0.227 e. The van der Waals surface area contributed by atoms with Crippen LogP contribution >= 0.6 is 0 Å². The Bertz CT molecular complexity index is 453. The van der Waals surface area contributed by atoms with Gasteiger partial charge in [-0.2, -0.15) is 0 Å². The van der Waals surface area contributed by atoms with Crippen molar-refractivity contribution in [1.82, 2.24) is 5.32 Å². The summed E-state index contributed by atoms with van der Waals surface area (Å²) in [5.41, 5.74) is 0.782. The van der Waals surface area contributed by atoms with Crippen LogP contribution in [0.2, 0.25) is 0 Å². The second kappa shape index (κ2) is 8.76. The van der Waals surface area contributed by atoms with E-state index in [1.807, 2.05) is 24.3 Å². The number of ether oxygens (including phenoxy) is 2. The minimum absolute atomic E-state index is 0.0258. The summed E-state index contributed by atoms with van der Waals surface area (Å²) >= 11 is 0. The molecule has 0 saturated carbocycles. The van der Waals surface area contributed by atoms with Crippen LogP contribution < -0.4 is 15.4 Å². The van der Waals surface area contributed by atoms with E-state index in [4.69, 9.17) is 9.47 Å². The third kappa shape index (κ3) is 6.03. The Morgan fingerprint density at radius 2 is 2.18 bits per heavy atom. The highest BCUT2D eigenvalue weighted by molar-refractivity contribution is 5.91. The van der Waals surface area contributed by atoms with E-state index in [2.05, 4.69) is 24.5 Å². The van der Waals surface area contributed by atoms with Gasteiger partial charge in [-0.05, 0) is 36.6 Å². The predicted molar refractivity (Wildman–Crippen MR) is 87.2 cm³/mol. The van der Waals surface area contributed by atoms with Gasteiger partial charge in [-0.1, -0.05) is 13.8 Å².